The van der Waals surface area contributed by atoms with Gasteiger partial charge in [-0.15, -0.1) is 11.3 Å². The molecule has 31 heavy (non-hydrogen) atoms. The SMILES string of the molecule is NC(=O)c1c(NC(=O)c2cccc(-c3cc4ccccc4oc3=O)c2)sc2c1CCC2. The molecule has 0 spiro atoms. The van der Waals surface area contributed by atoms with Crippen LogP contribution in [-0.2, 0) is 12.8 Å². The third kappa shape index (κ3) is 3.43. The first kappa shape index (κ1) is 19.3. The molecule has 6 nitrogen and oxygen atoms in total. The van der Waals surface area contributed by atoms with Crippen LogP contribution in [-0.4, -0.2) is 11.8 Å². The van der Waals surface area contributed by atoms with Crippen molar-refractivity contribution >= 4 is 39.1 Å². The number of hydrogen-bond donors (Lipinski definition) is 2. The molecule has 0 aliphatic heterocycles. The van der Waals surface area contributed by atoms with E-state index in [0.717, 1.165) is 35.1 Å². The zero-order valence-electron chi connectivity index (χ0n) is 16.4. The standard InChI is InChI=1S/C24H18N2O4S/c25-21(27)20-16-8-4-10-19(16)31-23(20)26-22(28)15-7-3-6-13(11-15)17-12-14-5-1-2-9-18(14)30-24(17)29/h1-3,5-7,9,11-12H,4,8,10H2,(H2,25,27)(H,26,28). The summed E-state index contributed by atoms with van der Waals surface area (Å²) in [5, 5.41) is 4.12. The van der Waals surface area contributed by atoms with Gasteiger partial charge in [0.05, 0.1) is 11.1 Å². The Morgan fingerprint density at radius 2 is 1.87 bits per heavy atom. The second-order valence-electron chi connectivity index (χ2n) is 7.45. The lowest BCUT2D eigenvalue weighted by Gasteiger charge is -2.08. The Kier molecular flexibility index (Phi) is 4.67. The van der Waals surface area contributed by atoms with Crippen LogP contribution in [0.15, 0.2) is 63.8 Å². The lowest BCUT2D eigenvalue weighted by Crippen LogP contribution is -2.18. The van der Waals surface area contributed by atoms with E-state index in [-0.39, 0.29) is 5.91 Å². The smallest absolute Gasteiger partial charge is 0.344 e. The molecule has 0 unspecified atom stereocenters. The number of amides is 2. The minimum atomic E-state index is -0.530. The zero-order chi connectivity index (χ0) is 21.5. The fourth-order valence-corrected chi connectivity index (χ4v) is 5.31. The summed E-state index contributed by atoms with van der Waals surface area (Å²) >= 11 is 1.41. The van der Waals surface area contributed by atoms with Crippen molar-refractivity contribution in [3.63, 3.8) is 0 Å². The van der Waals surface area contributed by atoms with Gasteiger partial charge >= 0.3 is 5.63 Å². The number of carbonyl (C=O) groups excluding carboxylic acids is 2. The summed E-state index contributed by atoms with van der Waals surface area (Å²) in [6.45, 7) is 0. The lowest BCUT2D eigenvalue weighted by atomic mass is 10.0. The summed E-state index contributed by atoms with van der Waals surface area (Å²) in [5.74, 6) is -0.897. The molecule has 2 amide bonds. The lowest BCUT2D eigenvalue weighted by molar-refractivity contribution is 0.100. The number of benzene rings is 2. The Morgan fingerprint density at radius 3 is 2.71 bits per heavy atom. The van der Waals surface area contributed by atoms with E-state index in [4.69, 9.17) is 10.2 Å². The third-order valence-electron chi connectivity index (χ3n) is 5.47. The quantitative estimate of drug-likeness (QED) is 0.470. The van der Waals surface area contributed by atoms with Crippen LogP contribution in [0.2, 0.25) is 0 Å². The maximum absolute atomic E-state index is 12.9. The van der Waals surface area contributed by atoms with Gasteiger partial charge in [0.2, 0.25) is 0 Å². The molecule has 0 atom stereocenters. The van der Waals surface area contributed by atoms with Crippen LogP contribution in [0.25, 0.3) is 22.1 Å². The number of primary amides is 1. The minimum absolute atomic E-state index is 0.366. The normalized spacial score (nSPS) is 12.6. The second-order valence-corrected chi connectivity index (χ2v) is 8.55. The molecule has 0 saturated heterocycles. The van der Waals surface area contributed by atoms with Gasteiger partial charge in [0.25, 0.3) is 11.8 Å². The molecule has 2 aromatic carbocycles. The Hall–Kier alpha value is -3.71. The number of nitrogens with two attached hydrogens (primary N) is 1. The molecule has 7 heteroatoms. The fourth-order valence-electron chi connectivity index (χ4n) is 4.02. The van der Waals surface area contributed by atoms with Crippen LogP contribution in [0.4, 0.5) is 5.00 Å². The van der Waals surface area contributed by atoms with E-state index in [0.29, 0.717) is 32.8 Å². The molecule has 0 bridgehead atoms. The molecule has 154 valence electrons. The number of aryl methyl sites for hydroxylation is 1. The van der Waals surface area contributed by atoms with Crippen molar-refractivity contribution in [1.82, 2.24) is 0 Å². The highest BCUT2D eigenvalue weighted by molar-refractivity contribution is 7.17. The predicted octanol–water partition coefficient (Wildman–Crippen LogP) is 4.36. The minimum Gasteiger partial charge on any atom is -0.422 e. The highest BCUT2D eigenvalue weighted by atomic mass is 32.1. The maximum Gasteiger partial charge on any atom is 0.344 e. The van der Waals surface area contributed by atoms with Gasteiger partial charge in [-0.2, -0.15) is 0 Å². The number of rotatable bonds is 4. The largest absolute Gasteiger partial charge is 0.422 e. The molecule has 2 aromatic heterocycles. The van der Waals surface area contributed by atoms with E-state index in [9.17, 15) is 14.4 Å². The van der Waals surface area contributed by atoms with Crippen LogP contribution in [0.1, 0.15) is 37.6 Å². The van der Waals surface area contributed by atoms with Gasteiger partial charge in [0, 0.05) is 15.8 Å². The van der Waals surface area contributed by atoms with Gasteiger partial charge in [-0.3, -0.25) is 9.59 Å². The molecule has 2 heterocycles. The Labute approximate surface area is 181 Å². The number of thiophene rings is 1. The van der Waals surface area contributed by atoms with Crippen molar-refractivity contribution in [3.8, 4) is 11.1 Å². The first-order valence-electron chi connectivity index (χ1n) is 9.90. The van der Waals surface area contributed by atoms with E-state index in [1.807, 2.05) is 12.1 Å². The van der Waals surface area contributed by atoms with Crippen molar-refractivity contribution in [3.05, 3.63) is 86.6 Å². The topological polar surface area (TPSA) is 102 Å². The highest BCUT2D eigenvalue weighted by Gasteiger charge is 2.26. The molecular weight excluding hydrogens is 412 g/mol. The summed E-state index contributed by atoms with van der Waals surface area (Å²) < 4.78 is 5.41. The van der Waals surface area contributed by atoms with E-state index in [1.54, 1.807) is 42.5 Å². The summed E-state index contributed by atoms with van der Waals surface area (Å²) in [6, 6.07) is 15.8. The van der Waals surface area contributed by atoms with Crippen LogP contribution in [0.5, 0.6) is 0 Å². The molecule has 4 aromatic rings. The van der Waals surface area contributed by atoms with Crippen LogP contribution >= 0.6 is 11.3 Å². The first-order valence-corrected chi connectivity index (χ1v) is 10.7. The number of hydrogen-bond acceptors (Lipinski definition) is 5. The van der Waals surface area contributed by atoms with Gasteiger partial charge < -0.3 is 15.5 Å². The van der Waals surface area contributed by atoms with Crippen LogP contribution in [0.3, 0.4) is 0 Å². The summed E-state index contributed by atoms with van der Waals surface area (Å²) in [4.78, 5) is 38.5. The molecule has 1 aliphatic carbocycles. The molecule has 0 fully saturated rings. The monoisotopic (exact) mass is 430 g/mol. The average Bonchev–Trinajstić information content (AvgIpc) is 3.34. The average molecular weight is 430 g/mol. The van der Waals surface area contributed by atoms with Gasteiger partial charge in [0.15, 0.2) is 0 Å². The van der Waals surface area contributed by atoms with Crippen molar-refractivity contribution in [2.24, 2.45) is 5.73 Å². The fraction of sp³-hybridized carbons (Fsp3) is 0.125. The van der Waals surface area contributed by atoms with Gasteiger partial charge in [-0.1, -0.05) is 30.3 Å². The van der Waals surface area contributed by atoms with Crippen LogP contribution in [0, 0.1) is 0 Å². The maximum atomic E-state index is 12.9. The predicted molar refractivity (Wildman–Crippen MR) is 121 cm³/mol. The summed E-state index contributed by atoms with van der Waals surface area (Å²) in [6.07, 6.45) is 2.68. The molecule has 5 rings (SSSR count). The Bertz CT molecular complexity index is 1420. The van der Waals surface area contributed by atoms with E-state index >= 15 is 0 Å². The van der Waals surface area contributed by atoms with E-state index in [1.165, 1.54) is 11.3 Å². The van der Waals surface area contributed by atoms with Gasteiger partial charge in [-0.05, 0) is 54.7 Å². The van der Waals surface area contributed by atoms with E-state index < -0.39 is 11.5 Å². The Morgan fingerprint density at radius 1 is 1.03 bits per heavy atom. The molecule has 0 radical (unpaired) electrons. The number of carbonyl (C=O) groups is 2. The molecular formula is C24H18N2O4S. The summed E-state index contributed by atoms with van der Waals surface area (Å²) in [5.41, 5.74) is 8.31. The van der Waals surface area contributed by atoms with Crippen molar-refractivity contribution < 1.29 is 14.0 Å². The van der Waals surface area contributed by atoms with Gasteiger partial charge in [-0.25, -0.2) is 4.79 Å². The van der Waals surface area contributed by atoms with E-state index in [2.05, 4.69) is 5.32 Å². The van der Waals surface area contributed by atoms with Crippen LogP contribution < -0.4 is 16.7 Å². The highest BCUT2D eigenvalue weighted by Crippen LogP contribution is 2.39. The number of anilines is 1. The van der Waals surface area contributed by atoms with Crippen molar-refractivity contribution in [1.29, 1.82) is 0 Å². The second kappa shape index (κ2) is 7.52. The molecule has 3 N–H and O–H groups in total. The Balaban J connectivity index is 1.49. The van der Waals surface area contributed by atoms with Crippen molar-refractivity contribution in [2.45, 2.75) is 19.3 Å². The van der Waals surface area contributed by atoms with Gasteiger partial charge in [0.1, 0.15) is 10.6 Å². The number of fused-ring (bicyclic) bond motifs is 2. The molecule has 0 saturated carbocycles. The number of nitrogens with one attached hydrogen (secondary N) is 1. The molecule has 1 aliphatic rings. The third-order valence-corrected chi connectivity index (χ3v) is 6.68. The number of para-hydroxylation sites is 1. The zero-order valence-corrected chi connectivity index (χ0v) is 17.3. The summed E-state index contributed by atoms with van der Waals surface area (Å²) in [7, 11) is 0. The van der Waals surface area contributed by atoms with Crippen molar-refractivity contribution in [2.75, 3.05) is 5.32 Å². The first-order chi connectivity index (χ1) is 15.0.